The van der Waals surface area contributed by atoms with E-state index in [1.807, 2.05) is 0 Å². The molecule has 1 heterocycles. The standard InChI is InChI=1S/C14H15BrFNO3/c1-14(2,3)20-13(19)17-7-8(18)6-9-11(17)5-4-10(16)12(9)15/h4-5H,6-7H2,1-3H3. The zero-order valence-electron chi connectivity index (χ0n) is 11.5. The molecule has 0 atom stereocenters. The highest BCUT2D eigenvalue weighted by Gasteiger charge is 2.32. The fraction of sp³-hybridized carbons (Fsp3) is 0.429. The lowest BCUT2D eigenvalue weighted by Crippen LogP contribution is -2.43. The van der Waals surface area contributed by atoms with Crippen LogP contribution >= 0.6 is 15.9 Å². The molecule has 1 aliphatic rings. The van der Waals surface area contributed by atoms with Crippen LogP contribution in [0.5, 0.6) is 0 Å². The molecule has 0 saturated heterocycles. The Hall–Kier alpha value is -1.43. The van der Waals surface area contributed by atoms with Gasteiger partial charge in [-0.2, -0.15) is 0 Å². The molecule has 0 aliphatic carbocycles. The van der Waals surface area contributed by atoms with Crippen LogP contribution in [0.4, 0.5) is 14.9 Å². The number of amides is 1. The van der Waals surface area contributed by atoms with Crippen LogP contribution in [0.1, 0.15) is 26.3 Å². The Morgan fingerprint density at radius 2 is 2.05 bits per heavy atom. The molecular weight excluding hydrogens is 329 g/mol. The topological polar surface area (TPSA) is 46.6 Å². The van der Waals surface area contributed by atoms with E-state index in [1.54, 1.807) is 20.8 Å². The predicted octanol–water partition coefficient (Wildman–Crippen LogP) is 3.45. The van der Waals surface area contributed by atoms with Crippen LogP contribution in [-0.4, -0.2) is 24.0 Å². The molecule has 0 fully saturated rings. The summed E-state index contributed by atoms with van der Waals surface area (Å²) in [7, 11) is 0. The first-order valence-electron chi connectivity index (χ1n) is 6.18. The van der Waals surface area contributed by atoms with E-state index in [9.17, 15) is 14.0 Å². The van der Waals surface area contributed by atoms with E-state index >= 15 is 0 Å². The summed E-state index contributed by atoms with van der Waals surface area (Å²) in [5.41, 5.74) is 0.328. The monoisotopic (exact) mass is 343 g/mol. The van der Waals surface area contributed by atoms with Crippen molar-refractivity contribution in [3.05, 3.63) is 28.0 Å². The Morgan fingerprint density at radius 1 is 1.40 bits per heavy atom. The lowest BCUT2D eigenvalue weighted by Gasteiger charge is -2.31. The van der Waals surface area contributed by atoms with E-state index in [-0.39, 0.29) is 23.2 Å². The SMILES string of the molecule is CC(C)(C)OC(=O)N1CC(=O)Cc2c1ccc(F)c2Br. The van der Waals surface area contributed by atoms with Gasteiger partial charge in [0, 0.05) is 12.0 Å². The Morgan fingerprint density at radius 3 is 2.65 bits per heavy atom. The third-order valence-electron chi connectivity index (χ3n) is 2.78. The third kappa shape index (κ3) is 3.00. The van der Waals surface area contributed by atoms with E-state index in [0.29, 0.717) is 11.3 Å². The summed E-state index contributed by atoms with van der Waals surface area (Å²) >= 11 is 3.13. The van der Waals surface area contributed by atoms with E-state index < -0.39 is 17.5 Å². The van der Waals surface area contributed by atoms with Crippen molar-refractivity contribution in [2.45, 2.75) is 32.8 Å². The van der Waals surface area contributed by atoms with Gasteiger partial charge < -0.3 is 4.74 Å². The molecule has 0 bridgehead atoms. The van der Waals surface area contributed by atoms with E-state index in [1.165, 1.54) is 17.0 Å². The average Bonchev–Trinajstić information content (AvgIpc) is 2.31. The Kier molecular flexibility index (Phi) is 3.86. The molecule has 108 valence electrons. The number of fused-ring (bicyclic) bond motifs is 1. The number of carbonyl (C=O) groups is 2. The van der Waals surface area contributed by atoms with Crippen LogP contribution in [0.15, 0.2) is 16.6 Å². The van der Waals surface area contributed by atoms with Crippen molar-refractivity contribution in [3.63, 3.8) is 0 Å². The van der Waals surface area contributed by atoms with Crippen molar-refractivity contribution >= 4 is 33.5 Å². The maximum Gasteiger partial charge on any atom is 0.415 e. The Bertz CT molecular complexity index is 581. The van der Waals surface area contributed by atoms with Gasteiger partial charge in [0.1, 0.15) is 11.4 Å². The second-order valence-corrected chi connectivity index (χ2v) is 6.43. The summed E-state index contributed by atoms with van der Waals surface area (Å²) in [5.74, 6) is -0.614. The van der Waals surface area contributed by atoms with E-state index in [2.05, 4.69) is 15.9 Å². The Labute approximate surface area is 125 Å². The van der Waals surface area contributed by atoms with Crippen molar-refractivity contribution in [1.29, 1.82) is 0 Å². The number of hydrogen-bond donors (Lipinski definition) is 0. The number of Topliss-reactive ketones (excluding diaryl/α,β-unsaturated/α-hetero) is 1. The number of anilines is 1. The zero-order chi connectivity index (χ0) is 15.1. The number of ketones is 1. The number of nitrogens with zero attached hydrogens (tertiary/aromatic N) is 1. The van der Waals surface area contributed by atoms with Crippen molar-refractivity contribution in [3.8, 4) is 0 Å². The van der Waals surface area contributed by atoms with Crippen LogP contribution in [0.2, 0.25) is 0 Å². The minimum Gasteiger partial charge on any atom is -0.443 e. The number of ether oxygens (including phenoxy) is 1. The van der Waals surface area contributed by atoms with Crippen LogP contribution in [0, 0.1) is 5.82 Å². The maximum absolute atomic E-state index is 13.5. The quantitative estimate of drug-likeness (QED) is 0.724. The van der Waals surface area contributed by atoms with Gasteiger partial charge >= 0.3 is 6.09 Å². The van der Waals surface area contributed by atoms with E-state index in [4.69, 9.17) is 4.74 Å². The molecule has 4 nitrogen and oxygen atoms in total. The molecule has 0 radical (unpaired) electrons. The molecule has 1 amide bonds. The molecule has 0 spiro atoms. The highest BCUT2D eigenvalue weighted by Crippen LogP contribution is 2.34. The summed E-state index contributed by atoms with van der Waals surface area (Å²) in [6.45, 7) is 5.19. The molecule has 0 aromatic heterocycles. The summed E-state index contributed by atoms with van der Waals surface area (Å²) in [5, 5.41) is 0. The van der Waals surface area contributed by atoms with Gasteiger partial charge in [0.15, 0.2) is 5.78 Å². The van der Waals surface area contributed by atoms with Crippen molar-refractivity contribution in [1.82, 2.24) is 0 Å². The van der Waals surface area contributed by atoms with Crippen LogP contribution in [0.25, 0.3) is 0 Å². The first kappa shape index (κ1) is 15.0. The third-order valence-corrected chi connectivity index (χ3v) is 3.64. The molecule has 6 heteroatoms. The molecule has 2 rings (SSSR count). The zero-order valence-corrected chi connectivity index (χ0v) is 13.1. The van der Waals surface area contributed by atoms with Gasteiger partial charge in [0.2, 0.25) is 0 Å². The summed E-state index contributed by atoms with van der Waals surface area (Å²) < 4.78 is 19.0. The van der Waals surface area contributed by atoms with E-state index in [0.717, 1.165) is 0 Å². The molecule has 0 N–H and O–H groups in total. The second kappa shape index (κ2) is 5.16. The van der Waals surface area contributed by atoms with Gasteiger partial charge in [0.25, 0.3) is 0 Å². The largest absolute Gasteiger partial charge is 0.443 e. The van der Waals surface area contributed by atoms with Crippen molar-refractivity contribution in [2.75, 3.05) is 11.4 Å². The summed E-state index contributed by atoms with van der Waals surface area (Å²) in [6, 6.07) is 2.75. The molecule has 1 aromatic carbocycles. The van der Waals surface area contributed by atoms with Gasteiger partial charge in [-0.1, -0.05) is 0 Å². The summed E-state index contributed by atoms with van der Waals surface area (Å²) in [4.78, 5) is 25.2. The molecular formula is C14H15BrFNO3. The number of halogens is 2. The van der Waals surface area contributed by atoms with Gasteiger partial charge in [-0.15, -0.1) is 0 Å². The normalized spacial score (nSPS) is 15.1. The smallest absolute Gasteiger partial charge is 0.415 e. The number of benzene rings is 1. The van der Waals surface area contributed by atoms with Crippen molar-refractivity contribution < 1.29 is 18.7 Å². The van der Waals surface area contributed by atoms with Crippen molar-refractivity contribution in [2.24, 2.45) is 0 Å². The van der Waals surface area contributed by atoms with Gasteiger partial charge in [0.05, 0.1) is 16.7 Å². The predicted molar refractivity (Wildman–Crippen MR) is 76.4 cm³/mol. The molecule has 1 aliphatic heterocycles. The van der Waals surface area contributed by atoms with Gasteiger partial charge in [-0.3, -0.25) is 9.69 Å². The average molecular weight is 344 g/mol. The second-order valence-electron chi connectivity index (χ2n) is 5.64. The summed E-state index contributed by atoms with van der Waals surface area (Å²) in [6.07, 6.45) is -0.502. The molecule has 1 aromatic rings. The van der Waals surface area contributed by atoms with Gasteiger partial charge in [-0.05, 0) is 48.8 Å². The lowest BCUT2D eigenvalue weighted by atomic mass is 10.0. The van der Waals surface area contributed by atoms with Gasteiger partial charge in [-0.25, -0.2) is 9.18 Å². The molecule has 20 heavy (non-hydrogen) atoms. The highest BCUT2D eigenvalue weighted by atomic mass is 79.9. The fourth-order valence-electron chi connectivity index (χ4n) is 2.00. The van der Waals surface area contributed by atoms with Crippen LogP contribution in [0.3, 0.4) is 0 Å². The maximum atomic E-state index is 13.5. The van der Waals surface area contributed by atoms with Crippen LogP contribution < -0.4 is 4.90 Å². The Balaban J connectivity index is 2.41. The fourth-order valence-corrected chi connectivity index (χ4v) is 2.47. The number of rotatable bonds is 0. The minimum atomic E-state index is -0.658. The first-order valence-corrected chi connectivity index (χ1v) is 6.97. The number of carbonyl (C=O) groups excluding carboxylic acids is 2. The lowest BCUT2D eigenvalue weighted by molar-refractivity contribution is -0.117. The first-order chi connectivity index (χ1) is 9.19. The highest BCUT2D eigenvalue weighted by molar-refractivity contribution is 9.10. The van der Waals surface area contributed by atoms with Crippen LogP contribution in [-0.2, 0) is 16.0 Å². The minimum absolute atomic E-state index is 0.0556. The molecule has 0 unspecified atom stereocenters. The number of hydrogen-bond acceptors (Lipinski definition) is 3. The molecule has 0 saturated carbocycles.